The number of hydrogen-bond donors (Lipinski definition) is 0. The molecule has 0 saturated carbocycles. The minimum Gasteiger partial charge on any atom is -0.236 e. The number of azide groups is 1. The van der Waals surface area contributed by atoms with Gasteiger partial charge in [-0.05, 0) is 11.6 Å². The van der Waals surface area contributed by atoms with E-state index in [-0.39, 0.29) is 6.54 Å². The molecular weight excluding hydrogens is 192 g/mol. The fourth-order valence-corrected chi connectivity index (χ4v) is 1.12. The average molecular weight is 198 g/mol. The van der Waals surface area contributed by atoms with Crippen LogP contribution in [0.25, 0.3) is 16.1 Å². The molecule has 0 aliphatic heterocycles. The molecule has 0 N–H and O–H groups in total. The molecule has 0 atom stereocenters. The van der Waals surface area contributed by atoms with Crippen molar-refractivity contribution in [2.24, 2.45) is 5.11 Å². The first-order valence-electron chi connectivity index (χ1n) is 4.20. The third kappa shape index (κ3) is 1.88. The molecule has 2 aromatic heterocycles. The predicted octanol–water partition coefficient (Wildman–Crippen LogP) is 1.39. The average Bonchev–Trinajstić information content (AvgIpc) is 2.68. The third-order valence-electron chi connectivity index (χ3n) is 1.72. The van der Waals surface area contributed by atoms with Gasteiger partial charge in [0.15, 0.2) is 5.65 Å². The number of fused-ring (bicyclic) bond motifs is 1. The molecule has 0 amide bonds. The molecule has 0 aliphatic carbocycles. The zero-order chi connectivity index (χ0) is 10.5. The molecule has 0 radical (unpaired) electrons. The van der Waals surface area contributed by atoms with Crippen LogP contribution in [0.2, 0.25) is 0 Å². The molecule has 72 valence electrons. The molecule has 0 aliphatic rings. The zero-order valence-electron chi connectivity index (χ0n) is 7.70. The zero-order valence-corrected chi connectivity index (χ0v) is 7.70. The molecule has 0 aromatic carbocycles. The maximum Gasteiger partial charge on any atom is 0.170 e. The molecule has 0 bridgehead atoms. The van der Waals surface area contributed by atoms with Crippen LogP contribution in [0, 0.1) is 11.8 Å². The highest BCUT2D eigenvalue weighted by atomic mass is 15.2. The predicted molar refractivity (Wildman–Crippen MR) is 53.9 cm³/mol. The van der Waals surface area contributed by atoms with Gasteiger partial charge in [0.05, 0.1) is 18.3 Å². The monoisotopic (exact) mass is 198 g/mol. The smallest absolute Gasteiger partial charge is 0.170 e. The van der Waals surface area contributed by atoms with E-state index >= 15 is 0 Å². The summed E-state index contributed by atoms with van der Waals surface area (Å²) >= 11 is 0. The lowest BCUT2D eigenvalue weighted by atomic mass is 10.3. The Morgan fingerprint density at radius 1 is 1.60 bits per heavy atom. The SMILES string of the molecule is [N-]=[N+]=NCC#Cc1cnn2cccnc12. The van der Waals surface area contributed by atoms with Gasteiger partial charge in [-0.25, -0.2) is 9.50 Å². The van der Waals surface area contributed by atoms with Crippen molar-refractivity contribution in [3.05, 3.63) is 40.7 Å². The van der Waals surface area contributed by atoms with Crippen molar-refractivity contribution >= 4 is 5.65 Å². The van der Waals surface area contributed by atoms with Crippen molar-refractivity contribution in [2.75, 3.05) is 6.54 Å². The summed E-state index contributed by atoms with van der Waals surface area (Å²) in [5.74, 6) is 5.56. The lowest BCUT2D eigenvalue weighted by Crippen LogP contribution is -1.87. The van der Waals surface area contributed by atoms with Crippen LogP contribution in [0.4, 0.5) is 0 Å². The van der Waals surface area contributed by atoms with Crippen LogP contribution in [0.3, 0.4) is 0 Å². The summed E-state index contributed by atoms with van der Waals surface area (Å²) in [5, 5.41) is 7.38. The van der Waals surface area contributed by atoms with E-state index in [1.54, 1.807) is 29.2 Å². The first kappa shape index (κ1) is 9.06. The second-order valence-corrected chi connectivity index (χ2v) is 2.64. The van der Waals surface area contributed by atoms with E-state index in [9.17, 15) is 0 Å². The maximum atomic E-state index is 8.06. The lowest BCUT2D eigenvalue weighted by molar-refractivity contribution is 0.939. The Bertz CT molecular complexity index is 581. The molecule has 0 unspecified atom stereocenters. The van der Waals surface area contributed by atoms with Gasteiger partial charge in [0.1, 0.15) is 0 Å². The molecular formula is C9H6N6. The highest BCUT2D eigenvalue weighted by Gasteiger charge is 1.99. The number of nitrogens with zero attached hydrogens (tertiary/aromatic N) is 6. The lowest BCUT2D eigenvalue weighted by Gasteiger charge is -1.88. The van der Waals surface area contributed by atoms with E-state index in [1.165, 1.54) is 0 Å². The Hall–Kier alpha value is -2.51. The summed E-state index contributed by atoms with van der Waals surface area (Å²) in [5.41, 5.74) is 9.48. The van der Waals surface area contributed by atoms with Gasteiger partial charge in [0.2, 0.25) is 0 Å². The van der Waals surface area contributed by atoms with Crippen molar-refractivity contribution in [2.45, 2.75) is 0 Å². The van der Waals surface area contributed by atoms with Crippen LogP contribution in [-0.4, -0.2) is 21.1 Å². The topological polar surface area (TPSA) is 79.0 Å². The van der Waals surface area contributed by atoms with Gasteiger partial charge >= 0.3 is 0 Å². The van der Waals surface area contributed by atoms with E-state index in [0.717, 1.165) is 5.56 Å². The van der Waals surface area contributed by atoms with E-state index in [1.807, 2.05) is 0 Å². The molecule has 0 saturated heterocycles. The van der Waals surface area contributed by atoms with Gasteiger partial charge in [-0.15, -0.1) is 0 Å². The Morgan fingerprint density at radius 3 is 3.40 bits per heavy atom. The third-order valence-corrected chi connectivity index (χ3v) is 1.72. The number of hydrogen-bond acceptors (Lipinski definition) is 3. The van der Waals surface area contributed by atoms with Crippen LogP contribution in [0.1, 0.15) is 5.56 Å². The van der Waals surface area contributed by atoms with Crippen molar-refractivity contribution in [3.63, 3.8) is 0 Å². The van der Waals surface area contributed by atoms with Crippen molar-refractivity contribution in [1.82, 2.24) is 14.6 Å². The van der Waals surface area contributed by atoms with Gasteiger partial charge in [-0.2, -0.15) is 5.10 Å². The maximum absolute atomic E-state index is 8.06. The first-order valence-corrected chi connectivity index (χ1v) is 4.20. The van der Waals surface area contributed by atoms with Crippen molar-refractivity contribution < 1.29 is 0 Å². The molecule has 0 spiro atoms. The van der Waals surface area contributed by atoms with Crippen molar-refractivity contribution in [1.29, 1.82) is 0 Å². The standard InChI is InChI=1S/C9H6N6/c10-14-12-5-1-3-8-7-13-15-6-2-4-11-9(8)15/h2,4,6-7H,5H2. The number of rotatable bonds is 1. The molecule has 0 fully saturated rings. The fourth-order valence-electron chi connectivity index (χ4n) is 1.12. The van der Waals surface area contributed by atoms with E-state index in [2.05, 4.69) is 31.9 Å². The quantitative estimate of drug-likeness (QED) is 0.300. The largest absolute Gasteiger partial charge is 0.236 e. The van der Waals surface area contributed by atoms with Crippen LogP contribution < -0.4 is 0 Å². The molecule has 6 nitrogen and oxygen atoms in total. The fraction of sp³-hybridized carbons (Fsp3) is 0.111. The van der Waals surface area contributed by atoms with Gasteiger partial charge in [-0.1, -0.05) is 17.0 Å². The Morgan fingerprint density at radius 2 is 2.53 bits per heavy atom. The van der Waals surface area contributed by atoms with Gasteiger partial charge in [-0.3, -0.25) is 0 Å². The van der Waals surface area contributed by atoms with Crippen LogP contribution in [-0.2, 0) is 0 Å². The summed E-state index contributed by atoms with van der Waals surface area (Å²) in [6, 6.07) is 1.79. The normalized spacial score (nSPS) is 9.07. The van der Waals surface area contributed by atoms with Crippen molar-refractivity contribution in [3.8, 4) is 11.8 Å². The van der Waals surface area contributed by atoms with E-state index in [0.29, 0.717) is 5.65 Å². The van der Waals surface area contributed by atoms with Crippen LogP contribution in [0.15, 0.2) is 29.8 Å². The second kappa shape index (κ2) is 4.13. The number of aromatic nitrogens is 3. The van der Waals surface area contributed by atoms with E-state index in [4.69, 9.17) is 5.53 Å². The van der Waals surface area contributed by atoms with Gasteiger partial charge in [0.25, 0.3) is 0 Å². The molecule has 2 heterocycles. The highest BCUT2D eigenvalue weighted by molar-refractivity contribution is 5.55. The molecule has 15 heavy (non-hydrogen) atoms. The first-order chi connectivity index (χ1) is 7.42. The molecule has 2 aromatic rings. The van der Waals surface area contributed by atoms with E-state index < -0.39 is 0 Å². The Balaban J connectivity index is 2.35. The Labute approximate surface area is 85.2 Å². The van der Waals surface area contributed by atoms with Gasteiger partial charge in [0, 0.05) is 17.3 Å². The summed E-state index contributed by atoms with van der Waals surface area (Å²) in [6.45, 7) is 0.153. The van der Waals surface area contributed by atoms with Crippen LogP contribution in [0.5, 0.6) is 0 Å². The summed E-state index contributed by atoms with van der Waals surface area (Å²) in [6.07, 6.45) is 5.10. The highest BCUT2D eigenvalue weighted by Crippen LogP contribution is 2.04. The Kier molecular flexibility index (Phi) is 2.50. The summed E-state index contributed by atoms with van der Waals surface area (Å²) < 4.78 is 1.64. The second-order valence-electron chi connectivity index (χ2n) is 2.64. The van der Waals surface area contributed by atoms with Crippen LogP contribution >= 0.6 is 0 Å². The molecule has 6 heteroatoms. The summed E-state index contributed by atoms with van der Waals surface area (Å²) in [4.78, 5) is 6.74. The minimum atomic E-state index is 0.153. The minimum absolute atomic E-state index is 0.153. The summed E-state index contributed by atoms with van der Waals surface area (Å²) in [7, 11) is 0. The van der Waals surface area contributed by atoms with Gasteiger partial charge < -0.3 is 0 Å². The molecule has 2 rings (SSSR count).